The predicted molar refractivity (Wildman–Crippen MR) is 76.0 cm³/mol. The van der Waals surface area contributed by atoms with Gasteiger partial charge in [-0.2, -0.15) is 0 Å². The molecule has 1 saturated heterocycles. The maximum atomic E-state index is 12.3. The average molecular weight is 268 g/mol. The zero-order chi connectivity index (χ0) is 13.9. The zero-order valence-corrected chi connectivity index (χ0v) is 12.6. The highest BCUT2D eigenvalue weighted by Crippen LogP contribution is 2.41. The van der Waals surface area contributed by atoms with Gasteiger partial charge in [-0.3, -0.25) is 0 Å². The topological polar surface area (TPSA) is 41.6 Å². The van der Waals surface area contributed by atoms with Gasteiger partial charge < -0.3 is 15.0 Å². The van der Waals surface area contributed by atoms with E-state index in [0.29, 0.717) is 5.92 Å². The lowest BCUT2D eigenvalue weighted by Crippen LogP contribution is -2.60. The lowest BCUT2D eigenvalue weighted by atomic mass is 9.92. The van der Waals surface area contributed by atoms with Crippen LogP contribution < -0.4 is 5.32 Å². The second-order valence-corrected chi connectivity index (χ2v) is 6.30. The Labute approximate surface area is 116 Å². The Hall–Kier alpha value is -0.610. The van der Waals surface area contributed by atoms with Crippen molar-refractivity contribution in [1.82, 2.24) is 10.2 Å². The van der Waals surface area contributed by atoms with Crippen molar-refractivity contribution < 1.29 is 9.53 Å². The maximum absolute atomic E-state index is 12.3. The third kappa shape index (κ3) is 3.29. The van der Waals surface area contributed by atoms with Gasteiger partial charge in [-0.05, 0) is 64.1 Å². The van der Waals surface area contributed by atoms with Crippen LogP contribution in [-0.4, -0.2) is 50.2 Å². The summed E-state index contributed by atoms with van der Waals surface area (Å²) in [5.74, 6) is 1.17. The Kier molecular flexibility index (Phi) is 4.85. The fourth-order valence-electron chi connectivity index (χ4n) is 3.34. The van der Waals surface area contributed by atoms with Crippen LogP contribution in [0.15, 0.2) is 0 Å². The molecule has 0 spiro atoms. The molecule has 2 rings (SSSR count). The summed E-state index contributed by atoms with van der Waals surface area (Å²) in [7, 11) is 3.40. The summed E-state index contributed by atoms with van der Waals surface area (Å²) in [4.78, 5) is 14.7. The molecular formula is C15H28N2O2. The molecule has 4 nitrogen and oxygen atoms in total. The van der Waals surface area contributed by atoms with Gasteiger partial charge in [-0.15, -0.1) is 0 Å². The summed E-state index contributed by atoms with van der Waals surface area (Å²) in [6.07, 6.45) is 6.07. The summed E-state index contributed by atoms with van der Waals surface area (Å²) >= 11 is 0. The van der Waals surface area contributed by atoms with E-state index in [-0.39, 0.29) is 5.97 Å². The van der Waals surface area contributed by atoms with Crippen LogP contribution in [-0.2, 0) is 9.53 Å². The Morgan fingerprint density at radius 2 is 2.05 bits per heavy atom. The minimum absolute atomic E-state index is 0.0882. The van der Waals surface area contributed by atoms with Crippen molar-refractivity contribution in [3.63, 3.8) is 0 Å². The van der Waals surface area contributed by atoms with Crippen LogP contribution in [0, 0.1) is 11.8 Å². The standard InChI is InChI=1S/C15H28N2O2/c1-12-5-4-9-17(10-8-12)11-15(16-2,13-6-7-13)14(18)19-3/h12-13,16H,4-11H2,1-3H3. The number of hydrogen-bond acceptors (Lipinski definition) is 4. The second kappa shape index (κ2) is 6.23. The summed E-state index contributed by atoms with van der Waals surface area (Å²) in [5, 5.41) is 3.29. The number of methoxy groups -OCH3 is 1. The molecule has 0 bridgehead atoms. The Balaban J connectivity index is 2.04. The minimum atomic E-state index is -0.484. The quantitative estimate of drug-likeness (QED) is 0.770. The number of ether oxygens (including phenoxy) is 1. The molecule has 2 unspecified atom stereocenters. The van der Waals surface area contributed by atoms with E-state index in [0.717, 1.165) is 38.4 Å². The van der Waals surface area contributed by atoms with E-state index in [2.05, 4.69) is 17.1 Å². The highest BCUT2D eigenvalue weighted by molar-refractivity contribution is 5.82. The van der Waals surface area contributed by atoms with Crippen molar-refractivity contribution in [1.29, 1.82) is 0 Å². The lowest BCUT2D eigenvalue weighted by molar-refractivity contribution is -0.150. The number of hydrogen-bond donors (Lipinski definition) is 1. The minimum Gasteiger partial charge on any atom is -0.468 e. The van der Waals surface area contributed by atoms with E-state index >= 15 is 0 Å². The van der Waals surface area contributed by atoms with Gasteiger partial charge in [0.2, 0.25) is 0 Å². The Morgan fingerprint density at radius 1 is 1.32 bits per heavy atom. The van der Waals surface area contributed by atoms with E-state index in [4.69, 9.17) is 4.74 Å². The van der Waals surface area contributed by atoms with Gasteiger partial charge in [0.15, 0.2) is 0 Å². The maximum Gasteiger partial charge on any atom is 0.327 e. The largest absolute Gasteiger partial charge is 0.468 e. The molecule has 110 valence electrons. The molecule has 0 aromatic heterocycles. The highest BCUT2D eigenvalue weighted by atomic mass is 16.5. The van der Waals surface area contributed by atoms with Gasteiger partial charge in [0.05, 0.1) is 7.11 Å². The number of carbonyl (C=O) groups excluding carboxylic acids is 1. The van der Waals surface area contributed by atoms with Crippen LogP contribution in [0.1, 0.15) is 39.0 Å². The predicted octanol–water partition coefficient (Wildman–Crippen LogP) is 1.65. The van der Waals surface area contributed by atoms with E-state index < -0.39 is 5.54 Å². The van der Waals surface area contributed by atoms with Crippen molar-refractivity contribution in [3.8, 4) is 0 Å². The molecule has 0 aromatic carbocycles. The molecule has 1 aliphatic heterocycles. The first-order valence-corrected chi connectivity index (χ1v) is 7.62. The number of nitrogens with zero attached hydrogens (tertiary/aromatic N) is 1. The zero-order valence-electron chi connectivity index (χ0n) is 12.6. The normalized spacial score (nSPS) is 28.5. The van der Waals surface area contributed by atoms with E-state index in [9.17, 15) is 4.79 Å². The van der Waals surface area contributed by atoms with E-state index in [1.807, 2.05) is 7.05 Å². The first kappa shape index (κ1) is 14.8. The average Bonchev–Trinajstić information content (AvgIpc) is 3.24. The molecular weight excluding hydrogens is 240 g/mol. The first-order valence-electron chi connectivity index (χ1n) is 7.62. The third-order valence-corrected chi connectivity index (χ3v) is 4.85. The SMILES string of the molecule is CNC(CN1CCCC(C)CC1)(C(=O)OC)C1CC1. The summed E-state index contributed by atoms with van der Waals surface area (Å²) in [6.45, 7) is 5.34. The molecule has 2 atom stereocenters. The Bertz CT molecular complexity index is 317. The van der Waals surface area contributed by atoms with Gasteiger partial charge in [-0.25, -0.2) is 4.79 Å². The van der Waals surface area contributed by atoms with Crippen LogP contribution in [0.25, 0.3) is 0 Å². The van der Waals surface area contributed by atoms with Crippen molar-refractivity contribution in [2.24, 2.45) is 11.8 Å². The second-order valence-electron chi connectivity index (χ2n) is 6.30. The number of nitrogens with one attached hydrogen (secondary N) is 1. The monoisotopic (exact) mass is 268 g/mol. The number of likely N-dealkylation sites (N-methyl/N-ethyl adjacent to an activating group) is 1. The van der Waals surface area contributed by atoms with Gasteiger partial charge in [0, 0.05) is 6.54 Å². The molecule has 0 aromatic rings. The molecule has 2 aliphatic rings. The van der Waals surface area contributed by atoms with E-state index in [1.54, 1.807) is 0 Å². The van der Waals surface area contributed by atoms with Crippen molar-refractivity contribution in [2.45, 2.75) is 44.6 Å². The smallest absolute Gasteiger partial charge is 0.327 e. The molecule has 0 radical (unpaired) electrons. The summed E-state index contributed by atoms with van der Waals surface area (Å²) in [6, 6.07) is 0. The number of carbonyl (C=O) groups is 1. The number of esters is 1. The molecule has 1 aliphatic carbocycles. The highest BCUT2D eigenvalue weighted by Gasteiger charge is 2.51. The summed E-state index contributed by atoms with van der Waals surface area (Å²) < 4.78 is 5.07. The lowest BCUT2D eigenvalue weighted by Gasteiger charge is -2.36. The molecule has 1 heterocycles. The molecule has 19 heavy (non-hydrogen) atoms. The summed E-state index contributed by atoms with van der Waals surface area (Å²) in [5.41, 5.74) is -0.484. The van der Waals surface area contributed by atoms with Crippen LogP contribution in [0.5, 0.6) is 0 Å². The fourth-order valence-corrected chi connectivity index (χ4v) is 3.34. The van der Waals surface area contributed by atoms with Crippen LogP contribution in [0.4, 0.5) is 0 Å². The fraction of sp³-hybridized carbons (Fsp3) is 0.933. The van der Waals surface area contributed by atoms with Gasteiger partial charge in [0.1, 0.15) is 5.54 Å². The molecule has 1 N–H and O–H groups in total. The van der Waals surface area contributed by atoms with Crippen molar-refractivity contribution >= 4 is 5.97 Å². The molecule has 4 heteroatoms. The van der Waals surface area contributed by atoms with Crippen LogP contribution >= 0.6 is 0 Å². The van der Waals surface area contributed by atoms with Gasteiger partial charge >= 0.3 is 5.97 Å². The number of rotatable bonds is 5. The molecule has 2 fully saturated rings. The van der Waals surface area contributed by atoms with Gasteiger partial charge in [-0.1, -0.05) is 6.92 Å². The third-order valence-electron chi connectivity index (χ3n) is 4.85. The number of likely N-dealkylation sites (tertiary alicyclic amines) is 1. The first-order chi connectivity index (χ1) is 9.12. The Morgan fingerprint density at radius 3 is 2.63 bits per heavy atom. The molecule has 1 saturated carbocycles. The van der Waals surface area contributed by atoms with Crippen molar-refractivity contribution in [3.05, 3.63) is 0 Å². The van der Waals surface area contributed by atoms with Gasteiger partial charge in [0.25, 0.3) is 0 Å². The van der Waals surface area contributed by atoms with Crippen LogP contribution in [0.2, 0.25) is 0 Å². The van der Waals surface area contributed by atoms with Crippen LogP contribution in [0.3, 0.4) is 0 Å². The molecule has 0 amide bonds. The van der Waals surface area contributed by atoms with Crippen molar-refractivity contribution in [2.75, 3.05) is 33.8 Å². The van der Waals surface area contributed by atoms with E-state index in [1.165, 1.54) is 26.4 Å².